The van der Waals surface area contributed by atoms with Crippen LogP contribution in [0.4, 0.5) is 0 Å². The SMILES string of the molecule is CCCCCCC[PH](CCC)(CCC)CCCCCC. The van der Waals surface area contributed by atoms with Crippen molar-refractivity contribution in [3.05, 3.63) is 0 Å². The van der Waals surface area contributed by atoms with E-state index in [0.717, 1.165) is 0 Å². The first-order valence-electron chi connectivity index (χ1n) is 9.74. The molecule has 0 nitrogen and oxygen atoms in total. The Hall–Kier alpha value is 0.430. The van der Waals surface area contributed by atoms with Crippen molar-refractivity contribution in [2.75, 3.05) is 24.6 Å². The summed E-state index contributed by atoms with van der Waals surface area (Å²) in [7, 11) is -0.906. The van der Waals surface area contributed by atoms with Crippen LogP contribution in [0.25, 0.3) is 0 Å². The molecule has 0 aromatic heterocycles. The normalized spacial score (nSPS) is 12.8. The summed E-state index contributed by atoms with van der Waals surface area (Å²) in [5, 5.41) is 0. The molecule has 0 N–H and O–H groups in total. The monoisotopic (exact) mass is 302 g/mol. The molecule has 0 radical (unpaired) electrons. The fourth-order valence-corrected chi connectivity index (χ4v) is 9.46. The van der Waals surface area contributed by atoms with Crippen LogP contribution in [-0.4, -0.2) is 24.6 Å². The van der Waals surface area contributed by atoms with Gasteiger partial charge in [-0.25, -0.2) is 0 Å². The fourth-order valence-electron chi connectivity index (χ4n) is 3.84. The zero-order chi connectivity index (χ0) is 15.1. The van der Waals surface area contributed by atoms with Crippen molar-refractivity contribution >= 4 is 7.26 Å². The van der Waals surface area contributed by atoms with Crippen molar-refractivity contribution in [1.29, 1.82) is 0 Å². The standard InChI is InChI=1S/C19H43P/c1-5-9-11-13-15-19-20(16-7-3,17-8-4)18-14-12-10-6-2/h20H,5-19H2,1-4H3. The van der Waals surface area contributed by atoms with E-state index in [1.807, 2.05) is 0 Å². The predicted octanol–water partition coefficient (Wildman–Crippen LogP) is 7.11. The molecule has 124 valence electrons. The molecule has 0 aliphatic rings. The molecule has 0 aromatic rings. The summed E-state index contributed by atoms with van der Waals surface area (Å²) in [4.78, 5) is 0. The molecule has 0 spiro atoms. The van der Waals surface area contributed by atoms with Gasteiger partial charge in [0.15, 0.2) is 0 Å². The molecule has 0 aromatic carbocycles. The van der Waals surface area contributed by atoms with E-state index in [1.54, 1.807) is 31.1 Å². The van der Waals surface area contributed by atoms with Crippen LogP contribution in [0.1, 0.15) is 98.3 Å². The second kappa shape index (κ2) is 14.4. The van der Waals surface area contributed by atoms with Crippen LogP contribution in [0.3, 0.4) is 0 Å². The molecule has 0 aliphatic heterocycles. The summed E-state index contributed by atoms with van der Waals surface area (Å²) in [5.74, 6) is 0. The summed E-state index contributed by atoms with van der Waals surface area (Å²) in [5.41, 5.74) is 0. The molecule has 0 amide bonds. The Bertz CT molecular complexity index is 182. The molecule has 0 bridgehead atoms. The third-order valence-corrected chi connectivity index (χ3v) is 10.9. The van der Waals surface area contributed by atoms with Crippen molar-refractivity contribution in [3.8, 4) is 0 Å². The van der Waals surface area contributed by atoms with Gasteiger partial charge in [0.05, 0.1) is 0 Å². The molecule has 0 saturated carbocycles. The predicted molar refractivity (Wildman–Crippen MR) is 101 cm³/mol. The van der Waals surface area contributed by atoms with Crippen molar-refractivity contribution in [3.63, 3.8) is 0 Å². The van der Waals surface area contributed by atoms with E-state index in [2.05, 4.69) is 27.7 Å². The Kier molecular flexibility index (Phi) is 14.7. The fraction of sp³-hybridized carbons (Fsp3) is 1.00. The van der Waals surface area contributed by atoms with E-state index in [0.29, 0.717) is 0 Å². The van der Waals surface area contributed by atoms with Crippen LogP contribution in [0.5, 0.6) is 0 Å². The molecule has 0 saturated heterocycles. The Labute approximate surface area is 130 Å². The number of unbranched alkanes of at least 4 members (excludes halogenated alkanes) is 7. The average Bonchev–Trinajstić information content (AvgIpc) is 2.44. The van der Waals surface area contributed by atoms with E-state index < -0.39 is 7.26 Å². The second-order valence-corrected chi connectivity index (χ2v) is 12.0. The molecular weight excluding hydrogens is 259 g/mol. The molecule has 0 atom stereocenters. The van der Waals surface area contributed by atoms with E-state index in [9.17, 15) is 0 Å². The minimum atomic E-state index is -0.906. The summed E-state index contributed by atoms with van der Waals surface area (Å²) in [6, 6.07) is 0. The Morgan fingerprint density at radius 3 is 1.20 bits per heavy atom. The Balaban J connectivity index is 4.18. The maximum atomic E-state index is 2.42. The van der Waals surface area contributed by atoms with Gasteiger partial charge in [0.25, 0.3) is 0 Å². The quantitative estimate of drug-likeness (QED) is 0.223. The topological polar surface area (TPSA) is 0 Å². The zero-order valence-corrected chi connectivity index (χ0v) is 16.1. The van der Waals surface area contributed by atoms with Crippen LogP contribution < -0.4 is 0 Å². The van der Waals surface area contributed by atoms with Crippen molar-refractivity contribution in [1.82, 2.24) is 0 Å². The molecule has 0 heterocycles. The van der Waals surface area contributed by atoms with Crippen LogP contribution in [0, 0.1) is 0 Å². The summed E-state index contributed by atoms with van der Waals surface area (Å²) < 4.78 is 0. The minimum absolute atomic E-state index is 0.906. The van der Waals surface area contributed by atoms with Crippen molar-refractivity contribution in [2.24, 2.45) is 0 Å². The molecule has 20 heavy (non-hydrogen) atoms. The van der Waals surface area contributed by atoms with Gasteiger partial charge in [0, 0.05) is 0 Å². The van der Waals surface area contributed by atoms with Gasteiger partial charge in [-0.3, -0.25) is 0 Å². The van der Waals surface area contributed by atoms with Gasteiger partial charge in [0.2, 0.25) is 0 Å². The van der Waals surface area contributed by atoms with Gasteiger partial charge < -0.3 is 0 Å². The number of rotatable bonds is 15. The van der Waals surface area contributed by atoms with Crippen molar-refractivity contribution < 1.29 is 0 Å². The van der Waals surface area contributed by atoms with Gasteiger partial charge in [-0.05, 0) is 0 Å². The molecule has 0 aliphatic carbocycles. The first kappa shape index (κ1) is 20.4. The van der Waals surface area contributed by atoms with Crippen LogP contribution >= 0.6 is 7.26 Å². The maximum absolute atomic E-state index is 2.42. The van der Waals surface area contributed by atoms with E-state index in [4.69, 9.17) is 0 Å². The molecule has 0 rings (SSSR count). The molecule has 0 unspecified atom stereocenters. The number of hydrogen-bond acceptors (Lipinski definition) is 0. The van der Waals surface area contributed by atoms with Gasteiger partial charge in [-0.1, -0.05) is 0 Å². The molecule has 1 heteroatoms. The van der Waals surface area contributed by atoms with Gasteiger partial charge in [-0.2, -0.15) is 0 Å². The Morgan fingerprint density at radius 2 is 0.800 bits per heavy atom. The zero-order valence-electron chi connectivity index (χ0n) is 15.1. The van der Waals surface area contributed by atoms with Gasteiger partial charge >= 0.3 is 130 Å². The molecular formula is C19H43P. The molecule has 0 fully saturated rings. The first-order valence-corrected chi connectivity index (χ1v) is 12.6. The summed E-state index contributed by atoms with van der Waals surface area (Å²) in [6.45, 7) is 9.48. The van der Waals surface area contributed by atoms with E-state index in [-0.39, 0.29) is 0 Å². The summed E-state index contributed by atoms with van der Waals surface area (Å²) in [6.07, 6.45) is 22.6. The van der Waals surface area contributed by atoms with Crippen LogP contribution in [0.2, 0.25) is 0 Å². The van der Waals surface area contributed by atoms with Gasteiger partial charge in [-0.15, -0.1) is 0 Å². The second-order valence-electron chi connectivity index (χ2n) is 6.97. The van der Waals surface area contributed by atoms with Crippen LogP contribution in [-0.2, 0) is 0 Å². The number of hydrogen-bond donors (Lipinski definition) is 0. The summed E-state index contributed by atoms with van der Waals surface area (Å²) >= 11 is 0. The third-order valence-electron chi connectivity index (χ3n) is 4.93. The van der Waals surface area contributed by atoms with E-state index in [1.165, 1.54) is 64.2 Å². The third kappa shape index (κ3) is 10.2. The van der Waals surface area contributed by atoms with Crippen molar-refractivity contribution in [2.45, 2.75) is 98.3 Å². The van der Waals surface area contributed by atoms with E-state index >= 15 is 0 Å². The first-order chi connectivity index (χ1) is 9.74. The van der Waals surface area contributed by atoms with Gasteiger partial charge in [0.1, 0.15) is 0 Å². The van der Waals surface area contributed by atoms with Crippen LogP contribution in [0.15, 0.2) is 0 Å². The average molecular weight is 303 g/mol. The Morgan fingerprint density at radius 1 is 0.400 bits per heavy atom.